The van der Waals surface area contributed by atoms with E-state index in [0.717, 1.165) is 25.7 Å². The molecule has 0 saturated carbocycles. The molecule has 38 heavy (non-hydrogen) atoms. The van der Waals surface area contributed by atoms with Gasteiger partial charge in [-0.1, -0.05) is 84.6 Å². The van der Waals surface area contributed by atoms with Crippen molar-refractivity contribution < 1.29 is 19.1 Å². The monoisotopic (exact) mass is 546 g/mol. The molecular formula is C28H26N4O4S2. The second-order valence-corrected chi connectivity index (χ2v) is 11.4. The second kappa shape index (κ2) is 11.2. The Labute approximate surface area is 228 Å². The number of β-lactam (4-membered cyclic amide) rings is 1. The van der Waals surface area contributed by atoms with E-state index in [1.165, 1.54) is 23.1 Å². The number of amides is 3. The highest BCUT2D eigenvalue weighted by Crippen LogP contribution is 2.38. The highest BCUT2D eigenvalue weighted by atomic mass is 32.2. The highest BCUT2D eigenvalue weighted by Gasteiger charge is 2.54. The molecule has 8 nitrogen and oxygen atoms in total. The summed E-state index contributed by atoms with van der Waals surface area (Å²) in [6, 6.07) is 25.5. The minimum absolute atomic E-state index is 0.0767. The number of aromatic nitrogens is 1. The Kier molecular flexibility index (Phi) is 7.62. The number of para-hydroxylation sites is 1. The third kappa shape index (κ3) is 5.81. The minimum atomic E-state index is -1.18. The third-order valence-electron chi connectivity index (χ3n) is 6.24. The van der Waals surface area contributed by atoms with E-state index in [1.807, 2.05) is 84.9 Å². The number of hydrogen-bond acceptors (Lipinski definition) is 7. The molecule has 3 amide bonds. The number of thiazole rings is 1. The molecular weight excluding hydrogens is 520 g/mol. The van der Waals surface area contributed by atoms with Gasteiger partial charge in [0, 0.05) is 6.42 Å². The van der Waals surface area contributed by atoms with Gasteiger partial charge in [0.05, 0.1) is 10.2 Å². The summed E-state index contributed by atoms with van der Waals surface area (Å²) in [5.41, 5.74) is 1.40. The summed E-state index contributed by atoms with van der Waals surface area (Å²) >= 11 is 2.92. The van der Waals surface area contributed by atoms with Crippen molar-refractivity contribution in [3.8, 4) is 0 Å². The molecule has 5 rings (SSSR count). The Morgan fingerprint density at radius 3 is 2.37 bits per heavy atom. The lowest BCUT2D eigenvalue weighted by Crippen LogP contribution is -2.77. The van der Waals surface area contributed by atoms with Crippen molar-refractivity contribution in [3.63, 3.8) is 0 Å². The fraction of sp³-hybridized carbons (Fsp3) is 0.214. The first-order valence-electron chi connectivity index (χ1n) is 12.1. The first kappa shape index (κ1) is 25.7. The molecule has 1 aromatic heterocycles. The van der Waals surface area contributed by atoms with E-state index in [9.17, 15) is 14.4 Å². The average molecular weight is 547 g/mol. The molecule has 1 saturated heterocycles. The average Bonchev–Trinajstić information content (AvgIpc) is 3.35. The topological polar surface area (TPSA) is 109 Å². The molecule has 194 valence electrons. The largest absolute Gasteiger partial charge is 0.445 e. The Bertz CT molecular complexity index is 1410. The number of alkyl carbamates (subject to hydrolysis) is 1. The molecule has 1 aliphatic rings. The van der Waals surface area contributed by atoms with E-state index in [-0.39, 0.29) is 18.9 Å². The van der Waals surface area contributed by atoms with Crippen molar-refractivity contribution in [2.45, 2.75) is 41.2 Å². The Morgan fingerprint density at radius 1 is 1.03 bits per heavy atom. The fourth-order valence-corrected chi connectivity index (χ4v) is 6.40. The Balaban J connectivity index is 1.27. The molecule has 0 aliphatic carbocycles. The fourth-order valence-electron chi connectivity index (χ4n) is 4.04. The number of hydrogen-bond donors (Lipinski definition) is 3. The number of fused-ring (bicyclic) bond motifs is 1. The van der Waals surface area contributed by atoms with Crippen LogP contribution in [0.5, 0.6) is 0 Å². The number of carbonyl (C=O) groups is 3. The molecule has 0 radical (unpaired) electrons. The lowest BCUT2D eigenvalue weighted by atomic mass is 9.92. The third-order valence-corrected chi connectivity index (χ3v) is 8.73. The summed E-state index contributed by atoms with van der Waals surface area (Å²) in [7, 11) is 0. The Hall–Kier alpha value is -3.89. The molecule has 3 atom stereocenters. The lowest BCUT2D eigenvalue weighted by Gasteiger charge is -2.46. The molecule has 0 unspecified atom stereocenters. The van der Waals surface area contributed by atoms with Crippen molar-refractivity contribution >= 4 is 51.2 Å². The van der Waals surface area contributed by atoms with Gasteiger partial charge in [0.2, 0.25) is 11.8 Å². The van der Waals surface area contributed by atoms with Gasteiger partial charge >= 0.3 is 6.09 Å². The maximum atomic E-state index is 13.5. The van der Waals surface area contributed by atoms with Crippen molar-refractivity contribution in [3.05, 3.63) is 96.1 Å². The summed E-state index contributed by atoms with van der Waals surface area (Å²) in [5, 5.41) is 8.01. The molecule has 1 fully saturated rings. The zero-order valence-corrected chi connectivity index (χ0v) is 22.2. The van der Waals surface area contributed by atoms with Gasteiger partial charge in [-0.3, -0.25) is 9.59 Å². The number of carbonyl (C=O) groups excluding carboxylic acids is 3. The molecule has 4 aromatic rings. The molecule has 3 aromatic carbocycles. The van der Waals surface area contributed by atoms with E-state index in [0.29, 0.717) is 0 Å². The number of nitrogens with zero attached hydrogens (tertiary/aromatic N) is 1. The van der Waals surface area contributed by atoms with Gasteiger partial charge in [0.1, 0.15) is 23.6 Å². The highest BCUT2D eigenvalue weighted by molar-refractivity contribution is 8.01. The summed E-state index contributed by atoms with van der Waals surface area (Å²) in [6.45, 7) is 1.76. The van der Waals surface area contributed by atoms with Crippen molar-refractivity contribution in [2.75, 3.05) is 0 Å². The van der Waals surface area contributed by atoms with Crippen LogP contribution in [-0.4, -0.2) is 39.8 Å². The summed E-state index contributed by atoms with van der Waals surface area (Å²) in [4.78, 5) is 43.4. The van der Waals surface area contributed by atoms with E-state index in [1.54, 1.807) is 6.92 Å². The molecule has 2 heterocycles. The Morgan fingerprint density at radius 2 is 1.68 bits per heavy atom. The molecule has 0 bridgehead atoms. The normalized spacial score (nSPS) is 19.2. The lowest BCUT2D eigenvalue weighted by molar-refractivity contribution is -0.140. The van der Waals surface area contributed by atoms with Crippen LogP contribution in [0, 0.1) is 0 Å². The van der Waals surface area contributed by atoms with Crippen LogP contribution in [0.4, 0.5) is 4.79 Å². The van der Waals surface area contributed by atoms with Crippen LogP contribution in [0.15, 0.2) is 89.3 Å². The van der Waals surface area contributed by atoms with E-state index < -0.39 is 29.0 Å². The summed E-state index contributed by atoms with van der Waals surface area (Å²) in [5.74, 6) is -0.771. The maximum absolute atomic E-state index is 13.5. The maximum Gasteiger partial charge on any atom is 0.408 e. The number of benzene rings is 3. The summed E-state index contributed by atoms with van der Waals surface area (Å²) < 4.78 is 7.19. The molecule has 0 spiro atoms. The number of rotatable bonds is 9. The SMILES string of the molecule is C[C@]1(NC(=O)[C@H](Cc2ccccc2)NC(=O)OCc2ccccc2)C(=O)N[C@H]1Sc1nc2ccccc2s1. The smallest absolute Gasteiger partial charge is 0.408 e. The number of ether oxygens (including phenoxy) is 1. The van der Waals surface area contributed by atoms with Gasteiger partial charge in [0.25, 0.3) is 0 Å². The zero-order chi connectivity index (χ0) is 26.5. The van der Waals surface area contributed by atoms with Crippen molar-refractivity contribution in [1.29, 1.82) is 0 Å². The predicted molar refractivity (Wildman–Crippen MR) is 148 cm³/mol. The quantitative estimate of drug-likeness (QED) is 0.271. The summed E-state index contributed by atoms with van der Waals surface area (Å²) in [6.07, 6.45) is -0.478. The van der Waals surface area contributed by atoms with Crippen LogP contribution in [0.3, 0.4) is 0 Å². The van der Waals surface area contributed by atoms with Crippen LogP contribution < -0.4 is 16.0 Å². The van der Waals surface area contributed by atoms with Gasteiger partial charge in [-0.25, -0.2) is 9.78 Å². The number of nitrogens with one attached hydrogen (secondary N) is 3. The first-order valence-corrected chi connectivity index (χ1v) is 13.8. The zero-order valence-electron chi connectivity index (χ0n) is 20.5. The van der Waals surface area contributed by atoms with Crippen LogP contribution in [0.25, 0.3) is 10.2 Å². The van der Waals surface area contributed by atoms with Gasteiger partial charge in [-0.15, -0.1) is 11.3 Å². The van der Waals surface area contributed by atoms with Crippen LogP contribution in [-0.2, 0) is 27.4 Å². The molecule has 3 N–H and O–H groups in total. The van der Waals surface area contributed by atoms with Gasteiger partial charge in [-0.2, -0.15) is 0 Å². The van der Waals surface area contributed by atoms with E-state index in [2.05, 4.69) is 20.9 Å². The van der Waals surface area contributed by atoms with Crippen molar-refractivity contribution in [1.82, 2.24) is 20.9 Å². The predicted octanol–water partition coefficient (Wildman–Crippen LogP) is 4.26. The number of thioether (sulfide) groups is 1. The molecule has 1 aliphatic heterocycles. The van der Waals surface area contributed by atoms with E-state index in [4.69, 9.17) is 4.74 Å². The van der Waals surface area contributed by atoms with Gasteiger partial charge in [-0.05, 0) is 30.2 Å². The van der Waals surface area contributed by atoms with Gasteiger partial charge in [0.15, 0.2) is 4.34 Å². The standard InChI is InChI=1S/C28H26N4O4S2/c1-28(24(34)31-25(28)38-27-30-20-14-8-9-15-22(20)37-27)32-23(33)21(16-18-10-4-2-5-11-18)29-26(35)36-17-19-12-6-3-7-13-19/h2-15,21,25H,16-17H2,1H3,(H,29,35)(H,31,34)(H,32,33)/t21-,25-,28-/m0/s1. The van der Waals surface area contributed by atoms with Crippen LogP contribution >= 0.6 is 23.1 Å². The molecule has 10 heteroatoms. The van der Waals surface area contributed by atoms with Crippen LogP contribution in [0.2, 0.25) is 0 Å². The second-order valence-electron chi connectivity index (χ2n) is 9.06. The minimum Gasteiger partial charge on any atom is -0.445 e. The van der Waals surface area contributed by atoms with Gasteiger partial charge < -0.3 is 20.7 Å². The van der Waals surface area contributed by atoms with Crippen molar-refractivity contribution in [2.24, 2.45) is 0 Å². The van der Waals surface area contributed by atoms with Crippen LogP contribution in [0.1, 0.15) is 18.1 Å². The first-order chi connectivity index (χ1) is 18.4. The van der Waals surface area contributed by atoms with E-state index >= 15 is 0 Å².